The Labute approximate surface area is 211 Å². The molecule has 1 saturated carbocycles. The van der Waals surface area contributed by atoms with Crippen molar-refractivity contribution in [3.05, 3.63) is 53.2 Å². The molecule has 2 fully saturated rings. The first kappa shape index (κ1) is 24.7. The Kier molecular flexibility index (Phi) is 6.48. The third kappa shape index (κ3) is 5.09. The monoisotopic (exact) mass is 521 g/mol. The number of piperidine rings is 1. The number of carbonyl (C=O) groups is 1. The predicted octanol–water partition coefficient (Wildman–Crippen LogP) is 5.27. The molecule has 3 heterocycles. The quantitative estimate of drug-likeness (QED) is 0.478. The number of aryl methyl sites for hydroxylation is 1. The fourth-order valence-electron chi connectivity index (χ4n) is 5.60. The van der Waals surface area contributed by atoms with Gasteiger partial charge < -0.3 is 15.0 Å². The van der Waals surface area contributed by atoms with Gasteiger partial charge in [-0.05, 0) is 67.7 Å². The number of halogens is 4. The highest BCUT2D eigenvalue weighted by molar-refractivity contribution is 6.29. The Hall–Kier alpha value is -3.01. The van der Waals surface area contributed by atoms with E-state index in [0.717, 1.165) is 44.5 Å². The molecule has 1 aliphatic heterocycles. The minimum Gasteiger partial charge on any atom is -0.406 e. The molecule has 2 aliphatic rings. The van der Waals surface area contributed by atoms with Gasteiger partial charge in [0.15, 0.2) is 5.65 Å². The van der Waals surface area contributed by atoms with Gasteiger partial charge in [0, 0.05) is 31.5 Å². The summed E-state index contributed by atoms with van der Waals surface area (Å²) < 4.78 is 42.8. The molecule has 1 spiro atoms. The maximum atomic E-state index is 13.0. The molecule has 11 heteroatoms. The number of rotatable bonds is 6. The third-order valence-electron chi connectivity index (χ3n) is 7.35. The highest BCUT2D eigenvalue weighted by Gasteiger charge is 2.45. The zero-order valence-electron chi connectivity index (χ0n) is 19.8. The van der Waals surface area contributed by atoms with E-state index in [1.807, 2.05) is 6.92 Å². The van der Waals surface area contributed by atoms with Crippen molar-refractivity contribution < 1.29 is 22.7 Å². The minimum absolute atomic E-state index is 0.157. The molecule has 192 valence electrons. The molecule has 36 heavy (non-hydrogen) atoms. The number of carbonyl (C=O) groups excluding carboxylic acids is 1. The number of nitrogens with zero attached hydrogens (tertiary/aromatic N) is 4. The van der Waals surface area contributed by atoms with Gasteiger partial charge in [0.1, 0.15) is 16.6 Å². The van der Waals surface area contributed by atoms with E-state index in [-0.39, 0.29) is 17.1 Å². The lowest BCUT2D eigenvalue weighted by Crippen LogP contribution is -2.49. The van der Waals surface area contributed by atoms with Crippen molar-refractivity contribution in [3.63, 3.8) is 0 Å². The standard InChI is InChI=1S/C25H27ClF3N5O2/c1-2-19-22(34-15-20(26)30-14-21(34)32-19)23(35)31-13-16-11-24(12-16)7-9-33(10-8-24)17-3-5-18(6-4-17)36-25(27,28)29/h3-6,14-16H,2,7-13H2,1H3,(H,31,35). The van der Waals surface area contributed by atoms with Crippen molar-refractivity contribution in [1.82, 2.24) is 19.7 Å². The van der Waals surface area contributed by atoms with Crippen molar-refractivity contribution in [2.75, 3.05) is 24.5 Å². The van der Waals surface area contributed by atoms with E-state index < -0.39 is 6.36 Å². The summed E-state index contributed by atoms with van der Waals surface area (Å²) in [5, 5.41) is 3.39. The van der Waals surface area contributed by atoms with Gasteiger partial charge in [0.2, 0.25) is 0 Å². The second-order valence-electron chi connectivity index (χ2n) is 9.71. The average molecular weight is 522 g/mol. The second-order valence-corrected chi connectivity index (χ2v) is 10.1. The molecule has 5 rings (SSSR count). The van der Waals surface area contributed by atoms with E-state index in [9.17, 15) is 18.0 Å². The molecule has 1 aliphatic carbocycles. The van der Waals surface area contributed by atoms with E-state index in [0.29, 0.717) is 41.1 Å². The van der Waals surface area contributed by atoms with Gasteiger partial charge in [0.05, 0.1) is 11.9 Å². The van der Waals surface area contributed by atoms with E-state index in [1.54, 1.807) is 28.9 Å². The summed E-state index contributed by atoms with van der Waals surface area (Å²) in [4.78, 5) is 23.7. The second kappa shape index (κ2) is 9.46. The predicted molar refractivity (Wildman–Crippen MR) is 129 cm³/mol. The summed E-state index contributed by atoms with van der Waals surface area (Å²) in [7, 11) is 0. The summed E-state index contributed by atoms with van der Waals surface area (Å²) >= 11 is 6.03. The third-order valence-corrected chi connectivity index (χ3v) is 7.55. The van der Waals surface area contributed by atoms with Gasteiger partial charge in [-0.25, -0.2) is 9.97 Å². The van der Waals surface area contributed by atoms with Crippen LogP contribution < -0.4 is 15.0 Å². The summed E-state index contributed by atoms with van der Waals surface area (Å²) in [5.41, 5.74) is 3.00. The number of fused-ring (bicyclic) bond motifs is 1. The fraction of sp³-hybridized carbons (Fsp3) is 0.480. The Morgan fingerprint density at radius 3 is 2.56 bits per heavy atom. The first-order valence-corrected chi connectivity index (χ1v) is 12.4. The summed E-state index contributed by atoms with van der Waals surface area (Å²) in [6, 6.07) is 6.05. The van der Waals surface area contributed by atoms with Crippen LogP contribution in [-0.4, -0.2) is 46.3 Å². The number of nitrogens with one attached hydrogen (secondary N) is 1. The molecule has 0 unspecified atom stereocenters. The minimum atomic E-state index is -4.69. The van der Waals surface area contributed by atoms with E-state index >= 15 is 0 Å². The molecule has 3 aromatic rings. The molecule has 2 aromatic heterocycles. The number of amides is 1. The number of imidazole rings is 1. The van der Waals surface area contributed by atoms with Crippen LogP contribution in [-0.2, 0) is 6.42 Å². The van der Waals surface area contributed by atoms with Crippen LogP contribution in [0.2, 0.25) is 5.15 Å². The van der Waals surface area contributed by atoms with Crippen molar-refractivity contribution in [1.29, 1.82) is 0 Å². The molecule has 1 N–H and O–H groups in total. The number of ether oxygens (including phenoxy) is 1. The highest BCUT2D eigenvalue weighted by atomic mass is 35.5. The fourth-order valence-corrected chi connectivity index (χ4v) is 5.75. The molecule has 0 atom stereocenters. The van der Waals surface area contributed by atoms with Gasteiger partial charge >= 0.3 is 6.36 Å². The topological polar surface area (TPSA) is 71.8 Å². The molecule has 1 aromatic carbocycles. The van der Waals surface area contributed by atoms with Gasteiger partial charge in [0.25, 0.3) is 5.91 Å². The van der Waals surface area contributed by atoms with Gasteiger partial charge in [-0.1, -0.05) is 18.5 Å². The number of anilines is 1. The van der Waals surface area contributed by atoms with Crippen LogP contribution in [0.4, 0.5) is 18.9 Å². The number of hydrogen-bond acceptors (Lipinski definition) is 5. The zero-order chi connectivity index (χ0) is 25.5. The van der Waals surface area contributed by atoms with E-state index in [4.69, 9.17) is 11.6 Å². The lowest BCUT2D eigenvalue weighted by atomic mass is 9.57. The molecule has 7 nitrogen and oxygen atoms in total. The van der Waals surface area contributed by atoms with Crippen LogP contribution in [0.3, 0.4) is 0 Å². The van der Waals surface area contributed by atoms with Gasteiger partial charge in [-0.2, -0.15) is 0 Å². The first-order valence-electron chi connectivity index (χ1n) is 12.1. The van der Waals surface area contributed by atoms with E-state index in [2.05, 4.69) is 24.9 Å². The van der Waals surface area contributed by atoms with E-state index in [1.165, 1.54) is 12.1 Å². The Balaban J connectivity index is 1.12. The van der Waals surface area contributed by atoms with Crippen LogP contribution >= 0.6 is 11.6 Å². The number of alkyl halides is 3. The lowest BCUT2D eigenvalue weighted by Gasteiger charge is -2.52. The van der Waals surface area contributed by atoms with Crippen LogP contribution in [0.1, 0.15) is 48.8 Å². The zero-order valence-corrected chi connectivity index (χ0v) is 20.6. The highest BCUT2D eigenvalue weighted by Crippen LogP contribution is 2.52. The maximum Gasteiger partial charge on any atom is 0.573 e. The maximum absolute atomic E-state index is 13.0. The molecule has 1 saturated heterocycles. The smallest absolute Gasteiger partial charge is 0.406 e. The molecular formula is C25H27ClF3N5O2. The normalized spacial score (nSPS) is 17.9. The lowest BCUT2D eigenvalue weighted by molar-refractivity contribution is -0.274. The number of benzene rings is 1. The summed E-state index contributed by atoms with van der Waals surface area (Å²) in [6.45, 7) is 4.28. The average Bonchev–Trinajstić information content (AvgIpc) is 3.19. The number of aromatic nitrogens is 3. The van der Waals surface area contributed by atoms with Crippen molar-refractivity contribution >= 4 is 28.8 Å². The van der Waals surface area contributed by atoms with Gasteiger partial charge in [-0.15, -0.1) is 13.2 Å². The first-order chi connectivity index (χ1) is 17.1. The van der Waals surface area contributed by atoms with Crippen molar-refractivity contribution in [2.45, 2.75) is 45.4 Å². The Morgan fingerprint density at radius 1 is 1.22 bits per heavy atom. The van der Waals surface area contributed by atoms with Crippen LogP contribution in [0.25, 0.3) is 5.65 Å². The molecule has 0 bridgehead atoms. The summed E-state index contributed by atoms with van der Waals surface area (Å²) in [5.74, 6) is 0.0579. The van der Waals surface area contributed by atoms with Crippen LogP contribution in [0.5, 0.6) is 5.75 Å². The summed E-state index contributed by atoms with van der Waals surface area (Å²) in [6.07, 6.45) is 3.28. The Morgan fingerprint density at radius 2 is 1.92 bits per heavy atom. The Bertz CT molecular complexity index is 1250. The molecule has 1 amide bonds. The number of hydrogen-bond donors (Lipinski definition) is 1. The SMILES string of the molecule is CCc1nc2cnc(Cl)cn2c1C(=O)NCC1CC2(CCN(c3ccc(OC(F)(F)F)cc3)CC2)C1. The van der Waals surface area contributed by atoms with Crippen molar-refractivity contribution in [2.24, 2.45) is 11.3 Å². The van der Waals surface area contributed by atoms with Crippen molar-refractivity contribution in [3.8, 4) is 5.75 Å². The van der Waals surface area contributed by atoms with Crippen LogP contribution in [0, 0.1) is 11.3 Å². The van der Waals surface area contributed by atoms with Gasteiger partial charge in [-0.3, -0.25) is 9.20 Å². The molecular weight excluding hydrogens is 495 g/mol. The van der Waals surface area contributed by atoms with Crippen LogP contribution in [0.15, 0.2) is 36.7 Å². The molecule has 0 radical (unpaired) electrons. The largest absolute Gasteiger partial charge is 0.573 e.